The second-order valence-corrected chi connectivity index (χ2v) is 5.74. The smallest absolute Gasteiger partial charge is 0.0423 e. The Balaban J connectivity index is 1.96. The fraction of sp³-hybridized carbons (Fsp3) is 0.143. The van der Waals surface area contributed by atoms with Crippen LogP contribution in [-0.4, -0.2) is 6.54 Å². The number of hydrogen-bond donors (Lipinski definition) is 1. The molecule has 0 unspecified atom stereocenters. The molecular weight excluding hydrogens is 266 g/mol. The first kappa shape index (κ1) is 13.1. The summed E-state index contributed by atoms with van der Waals surface area (Å²) in [5.74, 6) is 0. The average Bonchev–Trinajstić information content (AvgIpc) is 2.96. The molecule has 1 aliphatic carbocycles. The number of anilines is 1. The Morgan fingerprint density at radius 1 is 0.818 bits per heavy atom. The van der Waals surface area contributed by atoms with Gasteiger partial charge in [0.1, 0.15) is 0 Å². The second-order valence-electron chi connectivity index (χ2n) is 5.74. The minimum Gasteiger partial charge on any atom is -0.385 e. The third kappa shape index (κ3) is 2.01. The summed E-state index contributed by atoms with van der Waals surface area (Å²) < 4.78 is 0. The molecule has 3 aromatic carbocycles. The lowest BCUT2D eigenvalue weighted by Crippen LogP contribution is -2.00. The fourth-order valence-electron chi connectivity index (χ4n) is 3.47. The fourth-order valence-corrected chi connectivity index (χ4v) is 3.47. The van der Waals surface area contributed by atoms with Crippen molar-refractivity contribution in [3.05, 3.63) is 77.9 Å². The molecule has 0 atom stereocenters. The predicted molar refractivity (Wildman–Crippen MR) is 94.3 cm³/mol. The van der Waals surface area contributed by atoms with Crippen LogP contribution in [0, 0.1) is 0 Å². The Bertz CT molecular complexity index is 819. The molecule has 0 saturated carbocycles. The van der Waals surface area contributed by atoms with E-state index < -0.39 is 0 Å². The highest BCUT2D eigenvalue weighted by molar-refractivity contribution is 5.92. The van der Waals surface area contributed by atoms with Crippen molar-refractivity contribution in [3.63, 3.8) is 0 Å². The maximum atomic E-state index is 3.53. The van der Waals surface area contributed by atoms with Gasteiger partial charge in [-0.15, -0.1) is 0 Å². The van der Waals surface area contributed by atoms with Gasteiger partial charge in [0.2, 0.25) is 0 Å². The number of fused-ring (bicyclic) bond motifs is 3. The third-order valence-electron chi connectivity index (χ3n) is 4.42. The summed E-state index contributed by atoms with van der Waals surface area (Å²) in [4.78, 5) is 0. The predicted octanol–water partition coefficient (Wildman–Crippen LogP) is 5.36. The van der Waals surface area contributed by atoms with Crippen molar-refractivity contribution in [1.29, 1.82) is 0 Å². The van der Waals surface area contributed by atoms with Crippen LogP contribution >= 0.6 is 0 Å². The van der Waals surface area contributed by atoms with E-state index in [0.29, 0.717) is 0 Å². The average molecular weight is 285 g/mol. The summed E-state index contributed by atoms with van der Waals surface area (Å²) in [6, 6.07) is 24.0. The molecule has 108 valence electrons. The summed E-state index contributed by atoms with van der Waals surface area (Å²) in [5.41, 5.74) is 9.56. The normalized spacial score (nSPS) is 11.9. The monoisotopic (exact) mass is 285 g/mol. The molecule has 0 radical (unpaired) electrons. The van der Waals surface area contributed by atoms with E-state index in [1.54, 1.807) is 0 Å². The van der Waals surface area contributed by atoms with Crippen LogP contribution < -0.4 is 5.32 Å². The minimum atomic E-state index is 0.944. The largest absolute Gasteiger partial charge is 0.385 e. The maximum Gasteiger partial charge on any atom is 0.0423 e. The van der Waals surface area contributed by atoms with Gasteiger partial charge in [0.25, 0.3) is 0 Å². The van der Waals surface area contributed by atoms with Gasteiger partial charge in [-0.3, -0.25) is 0 Å². The molecule has 1 aliphatic rings. The first-order valence-electron chi connectivity index (χ1n) is 7.92. The van der Waals surface area contributed by atoms with E-state index >= 15 is 0 Å². The molecule has 0 spiro atoms. The standard InChI is InChI=1S/C21H19N/c1-2-22-20-13-12-17(15-8-4-3-5-9-15)19-14-16-10-6-7-11-18(16)21(19)20/h3-13,22H,2,14H2,1H3. The molecule has 0 aromatic heterocycles. The van der Waals surface area contributed by atoms with Gasteiger partial charge in [-0.05, 0) is 47.2 Å². The zero-order valence-electron chi connectivity index (χ0n) is 12.8. The number of hydrogen-bond acceptors (Lipinski definition) is 1. The van der Waals surface area contributed by atoms with Crippen molar-refractivity contribution >= 4 is 5.69 Å². The van der Waals surface area contributed by atoms with E-state index in [9.17, 15) is 0 Å². The van der Waals surface area contributed by atoms with Gasteiger partial charge < -0.3 is 5.32 Å². The minimum absolute atomic E-state index is 0.944. The molecule has 22 heavy (non-hydrogen) atoms. The molecule has 0 bridgehead atoms. The number of benzene rings is 3. The molecule has 3 aromatic rings. The van der Waals surface area contributed by atoms with Crippen LogP contribution in [0.3, 0.4) is 0 Å². The molecule has 0 heterocycles. The molecule has 1 heteroatoms. The van der Waals surface area contributed by atoms with Crippen molar-refractivity contribution in [3.8, 4) is 22.3 Å². The summed E-state index contributed by atoms with van der Waals surface area (Å²) in [7, 11) is 0. The van der Waals surface area contributed by atoms with Crippen LogP contribution in [0.2, 0.25) is 0 Å². The van der Waals surface area contributed by atoms with Gasteiger partial charge in [-0.2, -0.15) is 0 Å². The van der Waals surface area contributed by atoms with E-state index in [1.165, 1.54) is 39.1 Å². The van der Waals surface area contributed by atoms with Crippen LogP contribution in [0.4, 0.5) is 5.69 Å². The third-order valence-corrected chi connectivity index (χ3v) is 4.42. The molecule has 1 nitrogen and oxygen atoms in total. The van der Waals surface area contributed by atoms with Crippen molar-refractivity contribution in [2.75, 3.05) is 11.9 Å². The van der Waals surface area contributed by atoms with Gasteiger partial charge in [-0.1, -0.05) is 60.7 Å². The molecule has 4 rings (SSSR count). The van der Waals surface area contributed by atoms with Gasteiger partial charge >= 0.3 is 0 Å². The Morgan fingerprint density at radius 2 is 1.59 bits per heavy atom. The Hall–Kier alpha value is -2.54. The molecule has 0 saturated heterocycles. The maximum absolute atomic E-state index is 3.53. The Morgan fingerprint density at radius 3 is 2.41 bits per heavy atom. The van der Waals surface area contributed by atoms with E-state index in [4.69, 9.17) is 0 Å². The quantitative estimate of drug-likeness (QED) is 0.534. The first-order valence-corrected chi connectivity index (χ1v) is 7.92. The van der Waals surface area contributed by atoms with Gasteiger partial charge in [0.15, 0.2) is 0 Å². The van der Waals surface area contributed by atoms with Gasteiger partial charge in [-0.25, -0.2) is 0 Å². The molecule has 0 amide bonds. The van der Waals surface area contributed by atoms with Crippen molar-refractivity contribution < 1.29 is 0 Å². The van der Waals surface area contributed by atoms with Gasteiger partial charge in [0, 0.05) is 17.8 Å². The van der Waals surface area contributed by atoms with Gasteiger partial charge in [0.05, 0.1) is 0 Å². The Labute approximate surface area is 131 Å². The number of rotatable bonds is 3. The highest BCUT2D eigenvalue weighted by Gasteiger charge is 2.24. The van der Waals surface area contributed by atoms with E-state index in [0.717, 1.165) is 13.0 Å². The second kappa shape index (κ2) is 5.34. The van der Waals surface area contributed by atoms with Crippen molar-refractivity contribution in [1.82, 2.24) is 0 Å². The van der Waals surface area contributed by atoms with E-state index in [-0.39, 0.29) is 0 Å². The summed E-state index contributed by atoms with van der Waals surface area (Å²) in [6.07, 6.45) is 1.02. The molecule has 1 N–H and O–H groups in total. The summed E-state index contributed by atoms with van der Waals surface area (Å²) in [6.45, 7) is 3.09. The molecule has 0 fully saturated rings. The lowest BCUT2D eigenvalue weighted by molar-refractivity contribution is 1.21. The van der Waals surface area contributed by atoms with Crippen molar-refractivity contribution in [2.24, 2.45) is 0 Å². The van der Waals surface area contributed by atoms with Crippen LogP contribution in [0.5, 0.6) is 0 Å². The molecule has 0 aliphatic heterocycles. The highest BCUT2D eigenvalue weighted by Crippen LogP contribution is 2.45. The zero-order chi connectivity index (χ0) is 14.9. The van der Waals surface area contributed by atoms with E-state index in [1.807, 2.05) is 0 Å². The topological polar surface area (TPSA) is 12.0 Å². The van der Waals surface area contributed by atoms with Crippen LogP contribution in [-0.2, 0) is 6.42 Å². The SMILES string of the molecule is CCNc1ccc(-c2ccccc2)c2c1-c1ccccc1C2. The molecular formula is C21H19N. The lowest BCUT2D eigenvalue weighted by Gasteiger charge is -2.15. The van der Waals surface area contributed by atoms with E-state index in [2.05, 4.69) is 79.0 Å². The van der Waals surface area contributed by atoms with Crippen molar-refractivity contribution in [2.45, 2.75) is 13.3 Å². The zero-order valence-corrected chi connectivity index (χ0v) is 12.8. The Kier molecular flexibility index (Phi) is 3.19. The van der Waals surface area contributed by atoms with Crippen LogP contribution in [0.25, 0.3) is 22.3 Å². The number of nitrogens with one attached hydrogen (secondary N) is 1. The summed E-state index contributed by atoms with van der Waals surface area (Å²) in [5, 5.41) is 3.53. The summed E-state index contributed by atoms with van der Waals surface area (Å²) >= 11 is 0. The van der Waals surface area contributed by atoms with Crippen LogP contribution in [0.1, 0.15) is 18.1 Å². The first-order chi connectivity index (χ1) is 10.9. The highest BCUT2D eigenvalue weighted by atomic mass is 14.9. The van der Waals surface area contributed by atoms with Crippen LogP contribution in [0.15, 0.2) is 66.7 Å². The lowest BCUT2D eigenvalue weighted by atomic mass is 9.94.